The molecule has 18 heavy (non-hydrogen) atoms. The van der Waals surface area contributed by atoms with Gasteiger partial charge in [-0.25, -0.2) is 0 Å². The van der Waals surface area contributed by atoms with Crippen molar-refractivity contribution in [2.24, 2.45) is 39.9 Å². The summed E-state index contributed by atoms with van der Waals surface area (Å²) >= 11 is 0. The topological polar surface area (TPSA) is 0 Å². The smallest absolute Gasteiger partial charge is 0.0122 e. The van der Waals surface area contributed by atoms with E-state index in [4.69, 9.17) is 0 Å². The highest BCUT2D eigenvalue weighted by molar-refractivity contribution is 5.36. The molecule has 0 bridgehead atoms. The molecule has 0 heteroatoms. The monoisotopic (exact) mass is 246 g/mol. The van der Waals surface area contributed by atoms with Gasteiger partial charge in [0, 0.05) is 0 Å². The highest BCUT2D eigenvalue weighted by Crippen LogP contribution is 2.94. The van der Waals surface area contributed by atoms with Crippen LogP contribution in [-0.4, -0.2) is 0 Å². The van der Waals surface area contributed by atoms with Crippen LogP contribution in [0.1, 0.15) is 72.6 Å². The van der Waals surface area contributed by atoms with Gasteiger partial charge < -0.3 is 0 Å². The first kappa shape index (κ1) is 11.8. The van der Waals surface area contributed by atoms with E-state index in [0.29, 0.717) is 5.41 Å². The average molecular weight is 246 g/mol. The van der Waals surface area contributed by atoms with Crippen molar-refractivity contribution in [3.63, 3.8) is 0 Å². The lowest BCUT2D eigenvalue weighted by molar-refractivity contribution is 0.0713. The van der Waals surface area contributed by atoms with Gasteiger partial charge in [-0.05, 0) is 72.0 Å². The van der Waals surface area contributed by atoms with Crippen LogP contribution in [0.3, 0.4) is 0 Å². The fraction of sp³-hybridized carbons (Fsp3) is 1.00. The highest BCUT2D eigenvalue weighted by Gasteiger charge is 2.89. The van der Waals surface area contributed by atoms with E-state index in [1.165, 1.54) is 19.3 Å². The summed E-state index contributed by atoms with van der Waals surface area (Å²) in [7, 11) is 0. The van der Waals surface area contributed by atoms with Crippen LogP contribution >= 0.6 is 0 Å². The second-order valence-corrected chi connectivity index (χ2v) is 8.82. The normalized spacial score (nSPS) is 60.7. The first-order chi connectivity index (χ1) is 8.48. The van der Waals surface area contributed by atoms with E-state index in [1.54, 1.807) is 25.7 Å². The fourth-order valence-corrected chi connectivity index (χ4v) is 8.52. The Bertz CT molecular complexity index is 381. The van der Waals surface area contributed by atoms with Crippen molar-refractivity contribution in [2.75, 3.05) is 0 Å². The van der Waals surface area contributed by atoms with E-state index >= 15 is 0 Å². The minimum absolute atomic E-state index is 0.660. The molecule has 4 rings (SSSR count). The summed E-state index contributed by atoms with van der Waals surface area (Å²) in [5.41, 5.74) is 2.20. The molecule has 0 N–H and O–H groups in total. The first-order valence-corrected chi connectivity index (χ1v) is 8.48. The summed E-state index contributed by atoms with van der Waals surface area (Å²) in [5.74, 6) is 4.15. The average Bonchev–Trinajstić information content (AvgIpc) is 2.61. The zero-order chi connectivity index (χ0) is 12.8. The van der Waals surface area contributed by atoms with Gasteiger partial charge in [0.1, 0.15) is 0 Å². The molecule has 0 aromatic heterocycles. The number of hydrogen-bond donors (Lipinski definition) is 0. The van der Waals surface area contributed by atoms with Crippen LogP contribution in [-0.2, 0) is 0 Å². The maximum absolute atomic E-state index is 2.64. The summed E-state index contributed by atoms with van der Waals surface area (Å²) < 4.78 is 0. The third-order valence-electron chi connectivity index (χ3n) is 8.33. The van der Waals surface area contributed by atoms with Crippen LogP contribution in [0.4, 0.5) is 0 Å². The van der Waals surface area contributed by atoms with Gasteiger partial charge in [0.15, 0.2) is 0 Å². The van der Waals surface area contributed by atoms with Crippen molar-refractivity contribution in [1.82, 2.24) is 0 Å². The summed E-state index contributed by atoms with van der Waals surface area (Å²) in [4.78, 5) is 0. The molecule has 4 aliphatic carbocycles. The molecule has 0 aliphatic heterocycles. The van der Waals surface area contributed by atoms with Crippen LogP contribution in [0, 0.1) is 39.9 Å². The maximum atomic E-state index is 2.64. The third kappa shape index (κ3) is 0.907. The van der Waals surface area contributed by atoms with Gasteiger partial charge in [-0.15, -0.1) is 0 Å². The van der Waals surface area contributed by atoms with Gasteiger partial charge in [-0.1, -0.05) is 40.5 Å². The summed E-state index contributed by atoms with van der Waals surface area (Å²) in [6.07, 6.45) is 10.8. The molecule has 0 aromatic rings. The molecule has 6 atom stereocenters. The standard InChI is InChI=1S/C18H30/c1-12-9-13(2)18-15(10-12)11-14-7-5-6-8-17(14,18)16(18,3)4/h12-15H,5-11H2,1-4H3. The van der Waals surface area contributed by atoms with Crippen molar-refractivity contribution in [2.45, 2.75) is 72.6 Å². The van der Waals surface area contributed by atoms with E-state index in [1.807, 2.05) is 0 Å². The molecule has 0 nitrogen and oxygen atoms in total. The Balaban J connectivity index is 1.82. The Hall–Kier alpha value is 0. The van der Waals surface area contributed by atoms with Crippen LogP contribution < -0.4 is 0 Å². The Morgan fingerprint density at radius 1 is 0.889 bits per heavy atom. The van der Waals surface area contributed by atoms with Crippen molar-refractivity contribution >= 4 is 0 Å². The molecular formula is C18H30. The molecule has 0 radical (unpaired) electrons. The lowest BCUT2D eigenvalue weighted by atomic mass is 9.63. The third-order valence-corrected chi connectivity index (χ3v) is 8.33. The lowest BCUT2D eigenvalue weighted by Gasteiger charge is -2.41. The molecule has 0 heterocycles. The van der Waals surface area contributed by atoms with Crippen LogP contribution in [0.2, 0.25) is 0 Å². The zero-order valence-corrected chi connectivity index (χ0v) is 12.8. The Kier molecular flexibility index (Phi) is 2.08. The first-order valence-electron chi connectivity index (χ1n) is 8.48. The maximum Gasteiger partial charge on any atom is -0.0122 e. The fourth-order valence-electron chi connectivity index (χ4n) is 8.52. The molecular weight excluding hydrogens is 216 g/mol. The number of hydrogen-bond acceptors (Lipinski definition) is 0. The van der Waals surface area contributed by atoms with Crippen molar-refractivity contribution in [3.05, 3.63) is 0 Å². The molecule has 2 spiro atoms. The Morgan fingerprint density at radius 2 is 1.67 bits per heavy atom. The molecule has 0 aromatic carbocycles. The minimum Gasteiger partial charge on any atom is -0.0625 e. The highest BCUT2D eigenvalue weighted by atomic mass is 14.9. The minimum atomic E-state index is 0.660. The zero-order valence-electron chi connectivity index (χ0n) is 12.8. The lowest BCUT2D eigenvalue weighted by Crippen LogP contribution is -2.34. The Morgan fingerprint density at radius 3 is 2.44 bits per heavy atom. The molecule has 6 unspecified atom stereocenters. The van der Waals surface area contributed by atoms with Gasteiger partial charge in [0.25, 0.3) is 0 Å². The van der Waals surface area contributed by atoms with Gasteiger partial charge >= 0.3 is 0 Å². The van der Waals surface area contributed by atoms with Gasteiger partial charge in [0.05, 0.1) is 0 Å². The molecule has 4 fully saturated rings. The van der Waals surface area contributed by atoms with E-state index < -0.39 is 0 Å². The van der Waals surface area contributed by atoms with Crippen LogP contribution in [0.25, 0.3) is 0 Å². The molecule has 0 amide bonds. The largest absolute Gasteiger partial charge is 0.0625 e. The van der Waals surface area contributed by atoms with E-state index in [-0.39, 0.29) is 0 Å². The second kappa shape index (κ2) is 3.18. The van der Waals surface area contributed by atoms with E-state index in [0.717, 1.165) is 34.5 Å². The predicted octanol–water partition coefficient (Wildman–Crippen LogP) is 5.28. The summed E-state index contributed by atoms with van der Waals surface area (Å²) in [5, 5.41) is 0. The van der Waals surface area contributed by atoms with Gasteiger partial charge in [-0.3, -0.25) is 0 Å². The molecule has 0 saturated heterocycles. The second-order valence-electron chi connectivity index (χ2n) is 8.82. The van der Waals surface area contributed by atoms with E-state index in [9.17, 15) is 0 Å². The van der Waals surface area contributed by atoms with E-state index in [2.05, 4.69) is 27.7 Å². The van der Waals surface area contributed by atoms with Crippen molar-refractivity contribution in [3.8, 4) is 0 Å². The molecule has 102 valence electrons. The molecule has 4 aliphatic rings. The van der Waals surface area contributed by atoms with Crippen molar-refractivity contribution < 1.29 is 0 Å². The Labute approximate surface area is 113 Å². The predicted molar refractivity (Wildman–Crippen MR) is 76.3 cm³/mol. The van der Waals surface area contributed by atoms with Gasteiger partial charge in [-0.2, -0.15) is 0 Å². The SMILES string of the molecule is CC1CC(C)C23C(C1)CC1CCCCC12C3(C)C. The summed E-state index contributed by atoms with van der Waals surface area (Å²) in [6, 6.07) is 0. The van der Waals surface area contributed by atoms with Gasteiger partial charge in [0.2, 0.25) is 0 Å². The van der Waals surface area contributed by atoms with Crippen molar-refractivity contribution in [1.29, 1.82) is 0 Å². The quantitative estimate of drug-likeness (QED) is 0.546. The molecule has 4 saturated carbocycles. The van der Waals surface area contributed by atoms with Crippen LogP contribution in [0.15, 0.2) is 0 Å². The summed E-state index contributed by atoms with van der Waals surface area (Å²) in [6.45, 7) is 10.4. The van der Waals surface area contributed by atoms with Crippen LogP contribution in [0.5, 0.6) is 0 Å². The number of rotatable bonds is 0.